The van der Waals surface area contributed by atoms with Crippen LogP contribution in [0.5, 0.6) is 0 Å². The number of fused-ring (bicyclic) bond motifs is 1. The van der Waals surface area contributed by atoms with Gasteiger partial charge in [-0.05, 0) is 37.6 Å². The summed E-state index contributed by atoms with van der Waals surface area (Å²) in [6, 6.07) is 3.84. The van der Waals surface area contributed by atoms with E-state index >= 15 is 0 Å². The number of nitrogens with one attached hydrogen (secondary N) is 3. The molecular formula is C22H26N6O3. The van der Waals surface area contributed by atoms with Crippen molar-refractivity contribution in [3.05, 3.63) is 46.9 Å². The Balaban J connectivity index is 1.71. The van der Waals surface area contributed by atoms with Gasteiger partial charge in [0.25, 0.3) is 11.8 Å². The third kappa shape index (κ3) is 4.09. The maximum atomic E-state index is 13.0. The molecule has 0 unspecified atom stereocenters. The summed E-state index contributed by atoms with van der Waals surface area (Å²) in [6.07, 6.45) is 5.90. The number of benzene rings is 1. The van der Waals surface area contributed by atoms with Gasteiger partial charge in [-0.2, -0.15) is 0 Å². The van der Waals surface area contributed by atoms with Crippen molar-refractivity contribution in [3.8, 4) is 0 Å². The fourth-order valence-electron chi connectivity index (χ4n) is 3.86. The molecule has 1 aromatic carbocycles. The summed E-state index contributed by atoms with van der Waals surface area (Å²) in [7, 11) is 0. The Hall–Kier alpha value is -3.46. The lowest BCUT2D eigenvalue weighted by molar-refractivity contribution is -0.112. The summed E-state index contributed by atoms with van der Waals surface area (Å²) in [5.74, 6) is -0.123. The van der Waals surface area contributed by atoms with E-state index in [1.807, 2.05) is 30.9 Å². The molecular weight excluding hydrogens is 396 g/mol. The monoisotopic (exact) mass is 422 g/mol. The Bertz CT molecular complexity index is 1000. The smallest absolute Gasteiger partial charge is 0.261 e. The van der Waals surface area contributed by atoms with Crippen LogP contribution in [0.15, 0.2) is 40.8 Å². The van der Waals surface area contributed by atoms with Crippen molar-refractivity contribution in [2.24, 2.45) is 4.99 Å². The van der Waals surface area contributed by atoms with Crippen molar-refractivity contribution >= 4 is 35.6 Å². The maximum absolute atomic E-state index is 13.0. The average Bonchev–Trinajstić information content (AvgIpc) is 3.11. The van der Waals surface area contributed by atoms with Crippen molar-refractivity contribution in [2.75, 3.05) is 36.5 Å². The molecule has 0 aliphatic carbocycles. The molecule has 0 atom stereocenters. The van der Waals surface area contributed by atoms with Crippen molar-refractivity contribution in [2.45, 2.75) is 26.4 Å². The van der Waals surface area contributed by atoms with Gasteiger partial charge in [-0.15, -0.1) is 0 Å². The molecule has 0 bridgehead atoms. The second-order valence-corrected chi connectivity index (χ2v) is 7.80. The van der Waals surface area contributed by atoms with Gasteiger partial charge in [-0.1, -0.05) is 0 Å². The molecule has 0 aromatic heterocycles. The molecule has 162 valence electrons. The van der Waals surface area contributed by atoms with E-state index in [0.717, 1.165) is 17.5 Å². The number of hydrogen-bond acceptors (Lipinski definition) is 7. The van der Waals surface area contributed by atoms with Crippen LogP contribution < -0.4 is 15.5 Å². The van der Waals surface area contributed by atoms with Crippen LogP contribution >= 0.6 is 0 Å². The zero-order valence-electron chi connectivity index (χ0n) is 17.6. The number of allylic oxidation sites excluding steroid dienone is 1. The van der Waals surface area contributed by atoms with E-state index in [9.17, 15) is 9.59 Å². The highest BCUT2D eigenvalue weighted by atomic mass is 16.5. The van der Waals surface area contributed by atoms with Gasteiger partial charge in [0.1, 0.15) is 5.82 Å². The molecule has 3 heterocycles. The van der Waals surface area contributed by atoms with Crippen molar-refractivity contribution in [1.82, 2.24) is 10.2 Å². The minimum Gasteiger partial charge on any atom is -0.378 e. The number of anilines is 2. The normalized spacial score (nSPS) is 19.4. The lowest BCUT2D eigenvalue weighted by Gasteiger charge is -2.31. The van der Waals surface area contributed by atoms with Crippen LogP contribution in [-0.4, -0.2) is 61.5 Å². The first-order valence-corrected chi connectivity index (χ1v) is 10.3. The molecule has 9 nitrogen and oxygen atoms in total. The summed E-state index contributed by atoms with van der Waals surface area (Å²) in [6.45, 7) is 6.98. The predicted molar refractivity (Wildman–Crippen MR) is 120 cm³/mol. The van der Waals surface area contributed by atoms with E-state index in [1.54, 1.807) is 18.5 Å². The van der Waals surface area contributed by atoms with Crippen LogP contribution in [-0.2, 0) is 16.1 Å². The number of amides is 2. The lowest BCUT2D eigenvalue weighted by atomic mass is 10.1. The minimum absolute atomic E-state index is 0.00668. The van der Waals surface area contributed by atoms with Crippen molar-refractivity contribution in [3.63, 3.8) is 0 Å². The molecule has 9 heteroatoms. The second kappa shape index (κ2) is 8.73. The molecule has 1 aromatic rings. The Morgan fingerprint density at radius 1 is 1.32 bits per heavy atom. The molecule has 31 heavy (non-hydrogen) atoms. The van der Waals surface area contributed by atoms with E-state index in [-0.39, 0.29) is 17.5 Å². The molecule has 2 amide bonds. The fraction of sp³-hybridized carbons (Fsp3) is 0.364. The van der Waals surface area contributed by atoms with Gasteiger partial charge < -0.3 is 30.6 Å². The van der Waals surface area contributed by atoms with E-state index in [0.29, 0.717) is 49.9 Å². The van der Waals surface area contributed by atoms with Crippen LogP contribution in [0.1, 0.15) is 29.8 Å². The number of nitrogens with zero attached hydrogens (tertiary/aromatic N) is 3. The third-order valence-electron chi connectivity index (χ3n) is 5.53. The van der Waals surface area contributed by atoms with E-state index in [2.05, 4.69) is 20.5 Å². The van der Waals surface area contributed by atoms with E-state index in [4.69, 9.17) is 10.1 Å². The van der Waals surface area contributed by atoms with Crippen LogP contribution in [0, 0.1) is 5.41 Å². The number of morpholine rings is 1. The third-order valence-corrected chi connectivity index (χ3v) is 5.53. The first-order chi connectivity index (χ1) is 15.0. The van der Waals surface area contributed by atoms with Crippen molar-refractivity contribution in [1.29, 1.82) is 5.41 Å². The summed E-state index contributed by atoms with van der Waals surface area (Å²) in [5, 5.41) is 13.5. The zero-order valence-corrected chi connectivity index (χ0v) is 17.6. The largest absolute Gasteiger partial charge is 0.378 e. The molecule has 4 rings (SSSR count). The maximum Gasteiger partial charge on any atom is 0.261 e. The van der Waals surface area contributed by atoms with E-state index < -0.39 is 5.91 Å². The van der Waals surface area contributed by atoms with Gasteiger partial charge in [-0.3, -0.25) is 9.59 Å². The first kappa shape index (κ1) is 20.8. The first-order valence-electron chi connectivity index (χ1n) is 10.3. The van der Waals surface area contributed by atoms with Crippen LogP contribution in [0.4, 0.5) is 11.4 Å². The molecule has 0 spiro atoms. The standard InChI is InChI=1S/C22H26N6O3/c1-14(2)28-13-15-10-18(26-21(29)17(12-23)20-24-4-3-5-25-20)19(11-16(15)22(28)30)27-6-8-31-9-7-27/h3-5,10-12,14,23-24H,6-9,13H2,1-2H3,(H,26,29)/b20-17-,23-12?. The number of hydrogen-bond donors (Lipinski definition) is 3. The predicted octanol–water partition coefficient (Wildman–Crippen LogP) is 1.87. The quantitative estimate of drug-likeness (QED) is 0.496. The fourth-order valence-corrected chi connectivity index (χ4v) is 3.86. The molecule has 1 fully saturated rings. The summed E-state index contributed by atoms with van der Waals surface area (Å²) >= 11 is 0. The van der Waals surface area contributed by atoms with Gasteiger partial charge in [0.15, 0.2) is 0 Å². The van der Waals surface area contributed by atoms with Gasteiger partial charge in [0.05, 0.1) is 30.2 Å². The van der Waals surface area contributed by atoms with Gasteiger partial charge in [-0.25, -0.2) is 4.99 Å². The van der Waals surface area contributed by atoms with Gasteiger partial charge >= 0.3 is 0 Å². The van der Waals surface area contributed by atoms with Crippen LogP contribution in [0.25, 0.3) is 0 Å². The molecule has 0 radical (unpaired) electrons. The number of carbonyl (C=O) groups is 2. The SMILES string of the molecule is CC(C)N1Cc2cc(NC(=O)/C(C=N)=C3\N=CC=CN3)c(N3CCOCC3)cc2C1=O. The molecule has 1 saturated heterocycles. The molecule has 3 N–H and O–H groups in total. The number of rotatable bonds is 5. The number of ether oxygens (including phenoxy) is 1. The van der Waals surface area contributed by atoms with E-state index in [1.165, 1.54) is 0 Å². The van der Waals surface area contributed by atoms with Gasteiger partial charge in [0, 0.05) is 49.9 Å². The lowest BCUT2D eigenvalue weighted by Crippen LogP contribution is -2.37. The summed E-state index contributed by atoms with van der Waals surface area (Å²) in [5.41, 5.74) is 3.06. The topological polar surface area (TPSA) is 110 Å². The Morgan fingerprint density at radius 2 is 2.10 bits per heavy atom. The zero-order chi connectivity index (χ0) is 22.0. The van der Waals surface area contributed by atoms with Crippen LogP contribution in [0.2, 0.25) is 0 Å². The minimum atomic E-state index is -0.440. The summed E-state index contributed by atoms with van der Waals surface area (Å²) < 4.78 is 5.47. The molecule has 0 saturated carbocycles. The average molecular weight is 422 g/mol. The Labute approximate surface area is 181 Å². The van der Waals surface area contributed by atoms with Gasteiger partial charge in [0.2, 0.25) is 0 Å². The second-order valence-electron chi connectivity index (χ2n) is 7.80. The highest BCUT2D eigenvalue weighted by Gasteiger charge is 2.32. The highest BCUT2D eigenvalue weighted by Crippen LogP contribution is 2.35. The highest BCUT2D eigenvalue weighted by molar-refractivity contribution is 6.18. The molecule has 3 aliphatic heterocycles. The number of aliphatic imine (C=N–C) groups is 1. The Morgan fingerprint density at radius 3 is 2.74 bits per heavy atom. The summed E-state index contributed by atoms with van der Waals surface area (Å²) in [4.78, 5) is 34.0. The van der Waals surface area contributed by atoms with Crippen molar-refractivity contribution < 1.29 is 14.3 Å². The molecule has 3 aliphatic rings. The number of carbonyl (C=O) groups excluding carboxylic acids is 2. The Kier molecular flexibility index (Phi) is 5.85. The van der Waals surface area contributed by atoms with Crippen LogP contribution in [0.3, 0.4) is 0 Å².